The van der Waals surface area contributed by atoms with Crippen molar-refractivity contribution in [3.63, 3.8) is 0 Å². The van der Waals surface area contributed by atoms with E-state index in [4.69, 9.17) is 0 Å². The molecule has 0 aromatic carbocycles. The lowest BCUT2D eigenvalue weighted by molar-refractivity contribution is 0.505. The maximum absolute atomic E-state index is 4.36. The number of aromatic nitrogens is 1. The minimum atomic E-state index is 0.534. The van der Waals surface area contributed by atoms with Gasteiger partial charge in [0.2, 0.25) is 0 Å². The lowest BCUT2D eigenvalue weighted by atomic mass is 10.1. The van der Waals surface area contributed by atoms with E-state index in [1.807, 2.05) is 18.3 Å². The number of hydrogen-bond donors (Lipinski definition) is 1. The molecule has 0 aliphatic heterocycles. The highest BCUT2D eigenvalue weighted by Gasteiger charge is 2.08. The Balaban J connectivity index is 2.62. The molecule has 1 atom stereocenters. The van der Waals surface area contributed by atoms with E-state index in [9.17, 15) is 0 Å². The van der Waals surface area contributed by atoms with Crippen molar-refractivity contribution in [2.75, 3.05) is 6.54 Å². The van der Waals surface area contributed by atoms with Crippen LogP contribution in [-0.2, 0) is 6.42 Å². The molecule has 1 aromatic rings. The first-order valence-electron chi connectivity index (χ1n) is 5.10. The number of hydrogen-bond acceptors (Lipinski definition) is 2. The van der Waals surface area contributed by atoms with Crippen molar-refractivity contribution in [3.05, 3.63) is 28.5 Å². The third kappa shape index (κ3) is 3.39. The molecule has 1 N–H and O–H groups in total. The summed E-state index contributed by atoms with van der Waals surface area (Å²) in [6.07, 6.45) is 3.97. The van der Waals surface area contributed by atoms with Crippen LogP contribution in [0.5, 0.6) is 0 Å². The lowest BCUT2D eigenvalue weighted by Crippen LogP contribution is -2.30. The summed E-state index contributed by atoms with van der Waals surface area (Å²) in [5.74, 6) is 0. The van der Waals surface area contributed by atoms with Crippen LogP contribution in [-0.4, -0.2) is 17.6 Å². The molecular weight excluding hydrogens is 240 g/mol. The summed E-state index contributed by atoms with van der Waals surface area (Å²) in [6, 6.07) is 4.52. The molecule has 0 fully saturated rings. The van der Waals surface area contributed by atoms with Crippen molar-refractivity contribution in [1.82, 2.24) is 10.3 Å². The van der Waals surface area contributed by atoms with Crippen molar-refractivity contribution in [3.8, 4) is 0 Å². The van der Waals surface area contributed by atoms with Gasteiger partial charge in [0, 0.05) is 23.1 Å². The minimum Gasteiger partial charge on any atom is -0.314 e. The second-order valence-corrected chi connectivity index (χ2v) is 4.15. The van der Waals surface area contributed by atoms with Crippen molar-refractivity contribution in [2.45, 2.75) is 32.7 Å². The van der Waals surface area contributed by atoms with E-state index in [1.54, 1.807) is 0 Å². The van der Waals surface area contributed by atoms with E-state index in [0.29, 0.717) is 6.04 Å². The number of likely N-dealkylation sites (N-methyl/N-ethyl adjacent to an activating group) is 1. The molecule has 78 valence electrons. The zero-order valence-electron chi connectivity index (χ0n) is 8.76. The Morgan fingerprint density at radius 1 is 1.50 bits per heavy atom. The van der Waals surface area contributed by atoms with E-state index in [1.165, 1.54) is 0 Å². The first-order chi connectivity index (χ1) is 6.77. The fourth-order valence-corrected chi connectivity index (χ4v) is 1.87. The van der Waals surface area contributed by atoms with Crippen molar-refractivity contribution < 1.29 is 0 Å². The van der Waals surface area contributed by atoms with Gasteiger partial charge in [-0.2, -0.15) is 0 Å². The van der Waals surface area contributed by atoms with Crippen LogP contribution in [0.3, 0.4) is 0 Å². The summed E-state index contributed by atoms with van der Waals surface area (Å²) in [5, 5.41) is 3.45. The summed E-state index contributed by atoms with van der Waals surface area (Å²) >= 11 is 3.51. The Hall–Kier alpha value is -0.410. The SMILES string of the molecule is CCNC(CC)Cc1ncccc1Br. The Labute approximate surface area is 94.3 Å². The molecule has 1 heterocycles. The molecule has 0 aliphatic carbocycles. The van der Waals surface area contributed by atoms with Gasteiger partial charge in [0.15, 0.2) is 0 Å². The molecule has 0 radical (unpaired) electrons. The normalized spacial score (nSPS) is 12.8. The molecule has 1 unspecified atom stereocenters. The van der Waals surface area contributed by atoms with Crippen LogP contribution in [0, 0.1) is 0 Å². The highest BCUT2D eigenvalue weighted by atomic mass is 79.9. The second-order valence-electron chi connectivity index (χ2n) is 3.30. The summed E-state index contributed by atoms with van der Waals surface area (Å²) in [5.41, 5.74) is 1.14. The predicted octanol–water partition coefficient (Wildman–Crippen LogP) is 2.77. The van der Waals surface area contributed by atoms with E-state index < -0.39 is 0 Å². The van der Waals surface area contributed by atoms with Gasteiger partial charge in [-0.3, -0.25) is 4.98 Å². The van der Waals surface area contributed by atoms with Crippen LogP contribution in [0.1, 0.15) is 26.0 Å². The summed E-state index contributed by atoms with van der Waals surface area (Å²) in [7, 11) is 0. The van der Waals surface area contributed by atoms with Crippen LogP contribution in [0.25, 0.3) is 0 Å². The average Bonchev–Trinajstić information content (AvgIpc) is 2.20. The van der Waals surface area contributed by atoms with Crippen LogP contribution in [0.2, 0.25) is 0 Å². The topological polar surface area (TPSA) is 24.9 Å². The molecule has 0 aliphatic rings. The van der Waals surface area contributed by atoms with Gasteiger partial charge in [0.25, 0.3) is 0 Å². The van der Waals surface area contributed by atoms with Gasteiger partial charge in [-0.25, -0.2) is 0 Å². The highest BCUT2D eigenvalue weighted by molar-refractivity contribution is 9.10. The maximum atomic E-state index is 4.36. The Morgan fingerprint density at radius 3 is 2.86 bits per heavy atom. The smallest absolute Gasteiger partial charge is 0.0560 e. The number of pyridine rings is 1. The van der Waals surface area contributed by atoms with E-state index >= 15 is 0 Å². The van der Waals surface area contributed by atoms with Crippen LogP contribution in [0.15, 0.2) is 22.8 Å². The minimum absolute atomic E-state index is 0.534. The lowest BCUT2D eigenvalue weighted by Gasteiger charge is -2.15. The first-order valence-corrected chi connectivity index (χ1v) is 5.90. The zero-order chi connectivity index (χ0) is 10.4. The predicted molar refractivity (Wildman–Crippen MR) is 63.4 cm³/mol. The molecule has 14 heavy (non-hydrogen) atoms. The van der Waals surface area contributed by atoms with Gasteiger partial charge in [-0.15, -0.1) is 0 Å². The number of rotatable bonds is 5. The number of nitrogens with zero attached hydrogens (tertiary/aromatic N) is 1. The van der Waals surface area contributed by atoms with Crippen molar-refractivity contribution in [2.24, 2.45) is 0 Å². The Bertz CT molecular complexity index is 276. The molecule has 0 saturated heterocycles. The highest BCUT2D eigenvalue weighted by Crippen LogP contribution is 2.15. The zero-order valence-corrected chi connectivity index (χ0v) is 10.3. The first kappa shape index (κ1) is 11.7. The summed E-state index contributed by atoms with van der Waals surface area (Å²) in [6.45, 7) is 5.35. The fraction of sp³-hybridized carbons (Fsp3) is 0.545. The summed E-state index contributed by atoms with van der Waals surface area (Å²) in [4.78, 5) is 4.36. The van der Waals surface area contributed by atoms with E-state index in [-0.39, 0.29) is 0 Å². The Morgan fingerprint density at radius 2 is 2.29 bits per heavy atom. The van der Waals surface area contributed by atoms with E-state index in [0.717, 1.165) is 29.6 Å². The quantitative estimate of drug-likeness (QED) is 0.877. The summed E-state index contributed by atoms with van der Waals surface area (Å²) < 4.78 is 1.11. The van der Waals surface area contributed by atoms with Gasteiger partial charge in [-0.05, 0) is 41.0 Å². The van der Waals surface area contributed by atoms with Gasteiger partial charge in [0.05, 0.1) is 5.69 Å². The third-order valence-corrected chi connectivity index (χ3v) is 2.98. The maximum Gasteiger partial charge on any atom is 0.0560 e. The molecule has 1 aromatic heterocycles. The van der Waals surface area contributed by atoms with Gasteiger partial charge in [-0.1, -0.05) is 13.8 Å². The van der Waals surface area contributed by atoms with Crippen molar-refractivity contribution >= 4 is 15.9 Å². The molecule has 0 bridgehead atoms. The molecule has 0 saturated carbocycles. The molecular formula is C11H17BrN2. The van der Waals surface area contributed by atoms with E-state index in [2.05, 4.69) is 40.1 Å². The monoisotopic (exact) mass is 256 g/mol. The molecule has 0 spiro atoms. The van der Waals surface area contributed by atoms with Crippen LogP contribution >= 0.6 is 15.9 Å². The number of nitrogens with one attached hydrogen (secondary N) is 1. The van der Waals surface area contributed by atoms with Crippen LogP contribution < -0.4 is 5.32 Å². The van der Waals surface area contributed by atoms with Gasteiger partial charge >= 0.3 is 0 Å². The fourth-order valence-electron chi connectivity index (χ4n) is 1.45. The van der Waals surface area contributed by atoms with Gasteiger partial charge in [0.1, 0.15) is 0 Å². The van der Waals surface area contributed by atoms with Gasteiger partial charge < -0.3 is 5.32 Å². The molecule has 0 amide bonds. The van der Waals surface area contributed by atoms with Crippen molar-refractivity contribution in [1.29, 1.82) is 0 Å². The molecule has 2 nitrogen and oxygen atoms in total. The largest absolute Gasteiger partial charge is 0.314 e. The third-order valence-electron chi connectivity index (χ3n) is 2.26. The standard InChI is InChI=1S/C11H17BrN2/c1-3-9(13-4-2)8-11-10(12)6-5-7-14-11/h5-7,9,13H,3-4,8H2,1-2H3. The molecule has 3 heteroatoms. The molecule has 1 rings (SSSR count). The Kier molecular flexibility index (Phi) is 5.12. The van der Waals surface area contributed by atoms with Crippen LogP contribution in [0.4, 0.5) is 0 Å². The number of halogens is 1. The average molecular weight is 257 g/mol. The second kappa shape index (κ2) is 6.14.